The zero-order valence-corrected chi connectivity index (χ0v) is 13.8. The number of anilines is 1. The Morgan fingerprint density at radius 2 is 1.96 bits per heavy atom. The molecule has 2 heterocycles. The molecule has 1 aromatic carbocycles. The van der Waals surface area contributed by atoms with Crippen molar-refractivity contribution >= 4 is 17.6 Å². The summed E-state index contributed by atoms with van der Waals surface area (Å²) in [4.78, 5) is 36.0. The van der Waals surface area contributed by atoms with Gasteiger partial charge in [0, 0.05) is 18.5 Å². The number of benzene rings is 1. The number of carbonyl (C=O) groups is 2. The molecule has 0 aliphatic rings. The monoisotopic (exact) mass is 353 g/mol. The van der Waals surface area contributed by atoms with Gasteiger partial charge in [0.2, 0.25) is 5.91 Å². The number of hydrogen-bond acceptors (Lipinski definition) is 6. The first-order valence-corrected chi connectivity index (χ1v) is 7.64. The van der Waals surface area contributed by atoms with Crippen molar-refractivity contribution in [3.63, 3.8) is 0 Å². The fraction of sp³-hybridized carbons (Fsp3) is 0.118. The average Bonchev–Trinajstić information content (AvgIpc) is 3.18. The minimum absolute atomic E-state index is 0.217. The molecule has 0 aliphatic heterocycles. The highest BCUT2D eigenvalue weighted by atomic mass is 16.5. The SMILES string of the molecule is COC(=O)c1ccccc1NC(=O)Cn1nc(-n2cccn2)ccc1=O. The first-order valence-electron chi connectivity index (χ1n) is 7.64. The van der Waals surface area contributed by atoms with Crippen LogP contribution in [0.4, 0.5) is 5.69 Å². The fourth-order valence-electron chi connectivity index (χ4n) is 2.28. The molecule has 0 fully saturated rings. The van der Waals surface area contributed by atoms with Crippen LogP contribution in [0, 0.1) is 0 Å². The molecular formula is C17H15N5O4. The van der Waals surface area contributed by atoms with E-state index < -0.39 is 17.4 Å². The first-order chi connectivity index (χ1) is 12.6. The van der Waals surface area contributed by atoms with Crippen LogP contribution in [0.25, 0.3) is 5.82 Å². The number of hydrogen-bond donors (Lipinski definition) is 1. The van der Waals surface area contributed by atoms with Gasteiger partial charge in [-0.2, -0.15) is 5.10 Å². The molecule has 0 aliphatic carbocycles. The van der Waals surface area contributed by atoms with Gasteiger partial charge in [0.25, 0.3) is 5.56 Å². The molecular weight excluding hydrogens is 338 g/mol. The number of rotatable bonds is 5. The second kappa shape index (κ2) is 7.43. The summed E-state index contributed by atoms with van der Waals surface area (Å²) >= 11 is 0. The molecule has 0 radical (unpaired) electrons. The number of carbonyl (C=O) groups excluding carboxylic acids is 2. The smallest absolute Gasteiger partial charge is 0.339 e. The van der Waals surface area contributed by atoms with Gasteiger partial charge < -0.3 is 10.1 Å². The van der Waals surface area contributed by atoms with Gasteiger partial charge in [-0.25, -0.2) is 14.2 Å². The lowest BCUT2D eigenvalue weighted by Crippen LogP contribution is -2.30. The molecule has 0 atom stereocenters. The van der Waals surface area contributed by atoms with Crippen LogP contribution in [0.5, 0.6) is 0 Å². The zero-order valence-electron chi connectivity index (χ0n) is 13.8. The molecule has 0 spiro atoms. The number of para-hydroxylation sites is 1. The molecule has 0 unspecified atom stereocenters. The van der Waals surface area contributed by atoms with E-state index in [-0.39, 0.29) is 12.1 Å². The minimum Gasteiger partial charge on any atom is -0.465 e. The number of nitrogens with zero attached hydrogens (tertiary/aromatic N) is 4. The summed E-state index contributed by atoms with van der Waals surface area (Å²) in [6, 6.07) is 11.0. The molecule has 1 amide bonds. The Morgan fingerprint density at radius 3 is 2.69 bits per heavy atom. The molecule has 2 aromatic heterocycles. The van der Waals surface area contributed by atoms with Crippen molar-refractivity contribution in [1.29, 1.82) is 0 Å². The summed E-state index contributed by atoms with van der Waals surface area (Å²) in [7, 11) is 1.26. The Kier molecular flexibility index (Phi) is 4.88. The van der Waals surface area contributed by atoms with E-state index in [1.165, 1.54) is 30.0 Å². The maximum Gasteiger partial charge on any atom is 0.339 e. The number of nitrogens with one attached hydrogen (secondary N) is 1. The van der Waals surface area contributed by atoms with Crippen molar-refractivity contribution in [1.82, 2.24) is 19.6 Å². The van der Waals surface area contributed by atoms with E-state index in [9.17, 15) is 14.4 Å². The highest BCUT2D eigenvalue weighted by molar-refractivity contribution is 6.01. The second-order valence-electron chi connectivity index (χ2n) is 5.22. The van der Waals surface area contributed by atoms with Gasteiger partial charge >= 0.3 is 5.97 Å². The minimum atomic E-state index is -0.572. The van der Waals surface area contributed by atoms with Crippen molar-refractivity contribution in [2.24, 2.45) is 0 Å². The maximum atomic E-state index is 12.3. The van der Waals surface area contributed by atoms with Crippen molar-refractivity contribution in [3.8, 4) is 5.82 Å². The summed E-state index contributed by atoms with van der Waals surface area (Å²) < 4.78 is 7.18. The summed E-state index contributed by atoms with van der Waals surface area (Å²) in [5.74, 6) is -0.678. The van der Waals surface area contributed by atoms with Crippen molar-refractivity contribution < 1.29 is 14.3 Å². The van der Waals surface area contributed by atoms with Gasteiger partial charge in [0.1, 0.15) is 6.54 Å². The van der Waals surface area contributed by atoms with E-state index in [2.05, 4.69) is 20.3 Å². The van der Waals surface area contributed by atoms with E-state index >= 15 is 0 Å². The number of amides is 1. The molecule has 0 saturated carbocycles. The number of aromatic nitrogens is 4. The molecule has 26 heavy (non-hydrogen) atoms. The van der Waals surface area contributed by atoms with E-state index in [0.717, 1.165) is 4.68 Å². The third kappa shape index (κ3) is 3.66. The Bertz CT molecular complexity index is 994. The Hall–Kier alpha value is -3.75. The average molecular weight is 353 g/mol. The number of ether oxygens (including phenoxy) is 1. The van der Waals surface area contributed by atoms with Crippen LogP contribution in [0.15, 0.2) is 59.7 Å². The predicted molar refractivity (Wildman–Crippen MR) is 92.0 cm³/mol. The van der Waals surface area contributed by atoms with Gasteiger partial charge in [0.15, 0.2) is 5.82 Å². The number of methoxy groups -OCH3 is 1. The van der Waals surface area contributed by atoms with Gasteiger partial charge in [-0.05, 0) is 24.3 Å². The lowest BCUT2D eigenvalue weighted by Gasteiger charge is -2.10. The molecule has 0 bridgehead atoms. The van der Waals surface area contributed by atoms with Crippen molar-refractivity contribution in [2.75, 3.05) is 12.4 Å². The van der Waals surface area contributed by atoms with Gasteiger partial charge in [-0.15, -0.1) is 5.10 Å². The fourth-order valence-corrected chi connectivity index (χ4v) is 2.28. The van der Waals surface area contributed by atoms with Crippen LogP contribution in [0.2, 0.25) is 0 Å². The van der Waals surface area contributed by atoms with Crippen LogP contribution < -0.4 is 10.9 Å². The normalized spacial score (nSPS) is 10.3. The standard InChI is InChI=1S/C17H15N5O4/c1-26-17(25)12-5-2-3-6-13(12)19-15(23)11-22-16(24)8-7-14(20-22)21-10-4-9-18-21/h2-10H,11H2,1H3,(H,19,23). The topological polar surface area (TPSA) is 108 Å². The highest BCUT2D eigenvalue weighted by Gasteiger charge is 2.14. The summed E-state index contributed by atoms with van der Waals surface area (Å²) in [6.07, 6.45) is 3.25. The quantitative estimate of drug-likeness (QED) is 0.682. The van der Waals surface area contributed by atoms with Crippen LogP contribution in [0.3, 0.4) is 0 Å². The summed E-state index contributed by atoms with van der Waals surface area (Å²) in [6.45, 7) is -0.316. The van der Waals surface area contributed by atoms with E-state index in [1.54, 1.807) is 36.7 Å². The molecule has 9 heteroatoms. The lowest BCUT2D eigenvalue weighted by molar-refractivity contribution is -0.117. The zero-order chi connectivity index (χ0) is 18.5. The van der Waals surface area contributed by atoms with Crippen LogP contribution >= 0.6 is 0 Å². The number of esters is 1. The van der Waals surface area contributed by atoms with E-state index in [1.807, 2.05) is 0 Å². The Morgan fingerprint density at radius 1 is 1.15 bits per heavy atom. The van der Waals surface area contributed by atoms with Gasteiger partial charge in [-0.1, -0.05) is 12.1 Å². The van der Waals surface area contributed by atoms with Crippen LogP contribution in [0.1, 0.15) is 10.4 Å². The van der Waals surface area contributed by atoms with E-state index in [0.29, 0.717) is 11.5 Å². The highest BCUT2D eigenvalue weighted by Crippen LogP contribution is 2.15. The van der Waals surface area contributed by atoms with Gasteiger partial charge in [0.05, 0.1) is 18.4 Å². The predicted octanol–water partition coefficient (Wildman–Crippen LogP) is 0.854. The Balaban J connectivity index is 1.80. The lowest BCUT2D eigenvalue weighted by atomic mass is 10.2. The Labute approximate surface area is 147 Å². The second-order valence-corrected chi connectivity index (χ2v) is 5.22. The summed E-state index contributed by atoms with van der Waals surface area (Å²) in [5, 5.41) is 10.7. The van der Waals surface area contributed by atoms with Crippen LogP contribution in [-0.2, 0) is 16.1 Å². The van der Waals surface area contributed by atoms with E-state index in [4.69, 9.17) is 0 Å². The summed E-state index contributed by atoms with van der Waals surface area (Å²) in [5.41, 5.74) is 0.0758. The molecule has 3 rings (SSSR count). The molecule has 0 saturated heterocycles. The molecule has 132 valence electrons. The maximum absolute atomic E-state index is 12.3. The molecule has 9 nitrogen and oxygen atoms in total. The van der Waals surface area contributed by atoms with Crippen LogP contribution in [-0.4, -0.2) is 38.5 Å². The molecule has 1 N–H and O–H groups in total. The van der Waals surface area contributed by atoms with Crippen molar-refractivity contribution in [2.45, 2.75) is 6.54 Å². The van der Waals surface area contributed by atoms with Gasteiger partial charge in [-0.3, -0.25) is 9.59 Å². The largest absolute Gasteiger partial charge is 0.465 e. The third-order valence-electron chi connectivity index (χ3n) is 3.49. The third-order valence-corrected chi connectivity index (χ3v) is 3.49. The first kappa shape index (κ1) is 17.1. The molecule has 3 aromatic rings. The van der Waals surface area contributed by atoms with Crippen molar-refractivity contribution in [3.05, 3.63) is 70.8 Å².